The lowest BCUT2D eigenvalue weighted by Gasteiger charge is -2.28. The normalized spacial score (nSPS) is 20.2. The molecule has 0 radical (unpaired) electrons. The number of aliphatic hydroxyl groups excluding tert-OH is 1. The minimum absolute atomic E-state index is 0.0672. The van der Waals surface area contributed by atoms with Crippen LogP contribution in [0.2, 0.25) is 5.02 Å². The summed E-state index contributed by atoms with van der Waals surface area (Å²) in [5.41, 5.74) is 1.52. The standard InChI is InChI=1S/C15H15ClN2O2/c1-15(2)13(18-8-17-6-9(18)7-19)12-10(14(15)20)4-3-5-11(12)16/h3-6,8,13,19H,7H2,1-2H3/t13-/m1/s1. The van der Waals surface area contributed by atoms with Crippen molar-refractivity contribution < 1.29 is 9.90 Å². The van der Waals surface area contributed by atoms with Crippen molar-refractivity contribution in [3.63, 3.8) is 0 Å². The Morgan fingerprint density at radius 1 is 1.45 bits per heavy atom. The van der Waals surface area contributed by atoms with Gasteiger partial charge in [0.05, 0.1) is 36.3 Å². The molecule has 1 aromatic heterocycles. The van der Waals surface area contributed by atoms with Gasteiger partial charge in [-0.15, -0.1) is 0 Å². The number of ketones is 1. The minimum atomic E-state index is -0.627. The Labute approximate surface area is 122 Å². The minimum Gasteiger partial charge on any atom is -0.390 e. The molecule has 1 atom stereocenters. The predicted molar refractivity (Wildman–Crippen MR) is 75.9 cm³/mol. The first-order valence-electron chi connectivity index (χ1n) is 6.43. The Kier molecular flexibility index (Phi) is 2.96. The van der Waals surface area contributed by atoms with Crippen molar-refractivity contribution in [2.75, 3.05) is 0 Å². The van der Waals surface area contributed by atoms with E-state index in [1.165, 1.54) is 0 Å². The van der Waals surface area contributed by atoms with E-state index in [2.05, 4.69) is 4.98 Å². The molecule has 0 bridgehead atoms. The van der Waals surface area contributed by atoms with Crippen molar-refractivity contribution in [1.29, 1.82) is 0 Å². The van der Waals surface area contributed by atoms with Gasteiger partial charge in [0, 0.05) is 16.1 Å². The molecule has 0 spiro atoms. The maximum atomic E-state index is 12.6. The molecule has 5 heteroatoms. The Balaban J connectivity index is 2.28. The first-order valence-corrected chi connectivity index (χ1v) is 6.81. The zero-order chi connectivity index (χ0) is 14.5. The fraction of sp³-hybridized carbons (Fsp3) is 0.333. The monoisotopic (exact) mass is 290 g/mol. The number of rotatable bonds is 2. The fourth-order valence-electron chi connectivity index (χ4n) is 3.02. The smallest absolute Gasteiger partial charge is 0.171 e. The van der Waals surface area contributed by atoms with Gasteiger partial charge in [-0.3, -0.25) is 4.79 Å². The van der Waals surface area contributed by atoms with Gasteiger partial charge in [0.1, 0.15) is 0 Å². The third kappa shape index (κ3) is 1.65. The van der Waals surface area contributed by atoms with Crippen LogP contribution in [-0.2, 0) is 6.61 Å². The molecule has 0 fully saturated rings. The Morgan fingerprint density at radius 2 is 2.20 bits per heavy atom. The van der Waals surface area contributed by atoms with Crippen LogP contribution in [0, 0.1) is 5.41 Å². The van der Waals surface area contributed by atoms with Crippen LogP contribution in [0.25, 0.3) is 0 Å². The van der Waals surface area contributed by atoms with Crippen molar-refractivity contribution in [1.82, 2.24) is 9.55 Å². The molecule has 0 saturated heterocycles. The van der Waals surface area contributed by atoms with Gasteiger partial charge in [-0.25, -0.2) is 4.98 Å². The zero-order valence-electron chi connectivity index (χ0n) is 11.3. The topological polar surface area (TPSA) is 55.1 Å². The van der Waals surface area contributed by atoms with Crippen molar-refractivity contribution in [2.24, 2.45) is 5.41 Å². The Hall–Kier alpha value is -1.65. The molecule has 2 aromatic rings. The third-order valence-corrected chi connectivity index (χ3v) is 4.36. The number of aromatic nitrogens is 2. The van der Waals surface area contributed by atoms with E-state index in [9.17, 15) is 9.90 Å². The summed E-state index contributed by atoms with van der Waals surface area (Å²) in [6.07, 6.45) is 3.25. The SMILES string of the molecule is CC1(C)C(=O)c2cccc(Cl)c2[C@H]1n1cncc1CO. The first-order chi connectivity index (χ1) is 9.48. The van der Waals surface area contributed by atoms with E-state index >= 15 is 0 Å². The molecule has 1 aliphatic rings. The number of hydrogen-bond donors (Lipinski definition) is 1. The molecule has 1 heterocycles. The molecule has 4 nitrogen and oxygen atoms in total. The van der Waals surface area contributed by atoms with Crippen LogP contribution < -0.4 is 0 Å². The van der Waals surface area contributed by atoms with E-state index in [1.807, 2.05) is 18.4 Å². The lowest BCUT2D eigenvalue weighted by atomic mass is 9.84. The molecule has 1 aliphatic carbocycles. The quantitative estimate of drug-likeness (QED) is 0.925. The van der Waals surface area contributed by atoms with E-state index in [0.29, 0.717) is 16.3 Å². The highest BCUT2D eigenvalue weighted by Gasteiger charge is 2.48. The summed E-state index contributed by atoms with van der Waals surface area (Å²) in [6, 6.07) is 5.14. The highest BCUT2D eigenvalue weighted by Crippen LogP contribution is 2.50. The van der Waals surface area contributed by atoms with E-state index < -0.39 is 5.41 Å². The van der Waals surface area contributed by atoms with Crippen molar-refractivity contribution in [2.45, 2.75) is 26.5 Å². The van der Waals surface area contributed by atoms with Crippen LogP contribution in [0.5, 0.6) is 0 Å². The summed E-state index contributed by atoms with van der Waals surface area (Å²) in [5.74, 6) is 0.0672. The number of benzene rings is 1. The van der Waals surface area contributed by atoms with Gasteiger partial charge in [-0.05, 0) is 6.07 Å². The number of nitrogens with zero attached hydrogens (tertiary/aromatic N) is 2. The highest BCUT2D eigenvalue weighted by molar-refractivity contribution is 6.32. The second-order valence-corrected chi connectivity index (χ2v) is 6.01. The molecule has 1 aromatic carbocycles. The number of carbonyl (C=O) groups excluding carboxylic acids is 1. The van der Waals surface area contributed by atoms with Crippen LogP contribution in [0.15, 0.2) is 30.7 Å². The lowest BCUT2D eigenvalue weighted by molar-refractivity contribution is 0.0817. The third-order valence-electron chi connectivity index (χ3n) is 4.03. The van der Waals surface area contributed by atoms with Crippen molar-refractivity contribution >= 4 is 17.4 Å². The average molecular weight is 291 g/mol. The van der Waals surface area contributed by atoms with Crippen molar-refractivity contribution in [3.8, 4) is 0 Å². The van der Waals surface area contributed by atoms with E-state index in [1.54, 1.807) is 30.7 Å². The average Bonchev–Trinajstić information content (AvgIpc) is 2.94. The molecule has 1 N–H and O–H groups in total. The van der Waals surface area contributed by atoms with Crippen LogP contribution in [-0.4, -0.2) is 20.4 Å². The summed E-state index contributed by atoms with van der Waals surface area (Å²) >= 11 is 6.32. The number of fused-ring (bicyclic) bond motifs is 1. The van der Waals surface area contributed by atoms with E-state index in [-0.39, 0.29) is 18.4 Å². The molecular weight excluding hydrogens is 276 g/mol. The largest absolute Gasteiger partial charge is 0.390 e. The summed E-state index contributed by atoms with van der Waals surface area (Å²) in [7, 11) is 0. The molecule has 0 unspecified atom stereocenters. The van der Waals surface area contributed by atoms with Crippen LogP contribution in [0.1, 0.15) is 41.5 Å². The summed E-state index contributed by atoms with van der Waals surface area (Å²) in [6.45, 7) is 3.68. The molecule has 3 rings (SSSR count). The molecule has 104 valence electrons. The first kappa shape index (κ1) is 13.3. The number of halogens is 1. The molecule has 0 amide bonds. The van der Waals surface area contributed by atoms with Crippen LogP contribution in [0.3, 0.4) is 0 Å². The van der Waals surface area contributed by atoms with Gasteiger partial charge in [-0.2, -0.15) is 0 Å². The summed E-state index contributed by atoms with van der Waals surface area (Å²) in [5, 5.41) is 10.0. The summed E-state index contributed by atoms with van der Waals surface area (Å²) < 4.78 is 1.84. The number of imidazole rings is 1. The molecular formula is C15H15ClN2O2. The second kappa shape index (κ2) is 4.43. The maximum Gasteiger partial charge on any atom is 0.171 e. The van der Waals surface area contributed by atoms with Gasteiger partial charge in [-0.1, -0.05) is 37.6 Å². The van der Waals surface area contributed by atoms with Gasteiger partial charge in [0.2, 0.25) is 0 Å². The van der Waals surface area contributed by atoms with Crippen LogP contribution in [0.4, 0.5) is 0 Å². The Bertz CT molecular complexity index is 691. The van der Waals surface area contributed by atoms with Gasteiger partial charge >= 0.3 is 0 Å². The zero-order valence-corrected chi connectivity index (χ0v) is 12.1. The molecule has 0 aliphatic heterocycles. The fourth-order valence-corrected chi connectivity index (χ4v) is 3.30. The van der Waals surface area contributed by atoms with Gasteiger partial charge < -0.3 is 9.67 Å². The van der Waals surface area contributed by atoms with E-state index in [4.69, 9.17) is 11.6 Å². The van der Waals surface area contributed by atoms with Crippen LogP contribution >= 0.6 is 11.6 Å². The Morgan fingerprint density at radius 3 is 2.90 bits per heavy atom. The van der Waals surface area contributed by atoms with E-state index in [0.717, 1.165) is 5.56 Å². The van der Waals surface area contributed by atoms with Gasteiger partial charge in [0.15, 0.2) is 5.78 Å². The maximum absolute atomic E-state index is 12.6. The number of aliphatic hydroxyl groups is 1. The lowest BCUT2D eigenvalue weighted by Crippen LogP contribution is -2.29. The predicted octanol–water partition coefficient (Wildman–Crippen LogP) is 2.84. The highest BCUT2D eigenvalue weighted by atomic mass is 35.5. The number of Topliss-reactive ketones (excluding diaryl/α,β-unsaturated/α-hetero) is 1. The number of hydrogen-bond acceptors (Lipinski definition) is 3. The molecule has 20 heavy (non-hydrogen) atoms. The molecule has 0 saturated carbocycles. The summed E-state index contributed by atoms with van der Waals surface area (Å²) in [4.78, 5) is 16.7. The second-order valence-electron chi connectivity index (χ2n) is 5.60. The van der Waals surface area contributed by atoms with Gasteiger partial charge in [0.25, 0.3) is 0 Å². The van der Waals surface area contributed by atoms with Crippen molar-refractivity contribution in [3.05, 3.63) is 52.6 Å². The number of carbonyl (C=O) groups is 1.